The number of rotatable bonds is 14. The van der Waals surface area contributed by atoms with Crippen LogP contribution in [0.2, 0.25) is 5.02 Å². The molecular weight excluding hydrogens is 476 g/mol. The van der Waals surface area contributed by atoms with Gasteiger partial charge in [-0.3, -0.25) is 9.88 Å². The van der Waals surface area contributed by atoms with Gasteiger partial charge in [0, 0.05) is 41.9 Å². The molecule has 4 rings (SSSR count). The van der Waals surface area contributed by atoms with E-state index in [0.29, 0.717) is 0 Å². The lowest BCUT2D eigenvalue weighted by molar-refractivity contribution is 0.279. The predicted octanol–water partition coefficient (Wildman–Crippen LogP) is 7.39. The maximum Gasteiger partial charge on any atom is 0.0737 e. The number of aromatic nitrogens is 1. The second-order valence-electron chi connectivity index (χ2n) is 9.62. The van der Waals surface area contributed by atoms with Crippen molar-refractivity contribution < 1.29 is 0 Å². The first-order valence-electron chi connectivity index (χ1n) is 13.5. The third-order valence-electron chi connectivity index (χ3n) is 6.59. The molecule has 0 fully saturated rings. The zero-order chi connectivity index (χ0) is 25.5. The van der Waals surface area contributed by atoms with Crippen LogP contribution >= 0.6 is 11.6 Å². The Labute approximate surface area is 227 Å². The van der Waals surface area contributed by atoms with Crippen LogP contribution < -0.4 is 10.6 Å². The van der Waals surface area contributed by atoms with Crippen molar-refractivity contribution in [1.29, 1.82) is 0 Å². The molecule has 1 aliphatic rings. The molecule has 1 heterocycles. The molecule has 0 unspecified atom stereocenters. The average molecular weight is 515 g/mol. The zero-order valence-electron chi connectivity index (χ0n) is 21.7. The first-order chi connectivity index (χ1) is 18.3. The Balaban J connectivity index is 1.15. The highest BCUT2D eigenvalue weighted by Crippen LogP contribution is 2.24. The summed E-state index contributed by atoms with van der Waals surface area (Å²) in [4.78, 5) is 7.01. The number of anilines is 1. The number of allylic oxidation sites excluding steroid dienone is 5. The maximum absolute atomic E-state index is 6.10. The topological polar surface area (TPSA) is 40.2 Å². The standard InChI is InChI=1S/C32H39ClN4/c33-29-16-17-30-31(18-22-36-32(30)24-29)35-21-11-20-34-19-9-10-23-37(26-28-14-7-4-8-15-28)25-27-12-5-2-1-3-6-13-27/h2-8,12,14-18,22,24,34H,1,9-11,13,19-21,23,25-26H2,(H,35,36)/b5-2-,6-3?,27-12+. The number of hydrogen-bond acceptors (Lipinski definition) is 4. The van der Waals surface area contributed by atoms with E-state index in [-0.39, 0.29) is 0 Å². The van der Waals surface area contributed by atoms with Crippen molar-refractivity contribution in [2.45, 2.75) is 38.6 Å². The smallest absolute Gasteiger partial charge is 0.0737 e. The molecule has 0 bridgehead atoms. The number of benzene rings is 2. The van der Waals surface area contributed by atoms with Crippen LogP contribution in [0.1, 0.15) is 37.7 Å². The molecule has 0 radical (unpaired) electrons. The Bertz CT molecular complexity index is 1190. The van der Waals surface area contributed by atoms with Crippen LogP contribution in [0, 0.1) is 0 Å². The van der Waals surface area contributed by atoms with Gasteiger partial charge in [-0.25, -0.2) is 0 Å². The van der Waals surface area contributed by atoms with Gasteiger partial charge in [0.1, 0.15) is 0 Å². The molecule has 0 amide bonds. The number of hydrogen-bond donors (Lipinski definition) is 2. The van der Waals surface area contributed by atoms with Crippen LogP contribution in [0.3, 0.4) is 0 Å². The second kappa shape index (κ2) is 15.4. The Morgan fingerprint density at radius 2 is 1.76 bits per heavy atom. The van der Waals surface area contributed by atoms with Crippen LogP contribution in [0.5, 0.6) is 0 Å². The van der Waals surface area contributed by atoms with Gasteiger partial charge in [-0.1, -0.05) is 77.9 Å². The van der Waals surface area contributed by atoms with Gasteiger partial charge in [-0.15, -0.1) is 0 Å². The average Bonchev–Trinajstić information content (AvgIpc) is 2.89. The van der Waals surface area contributed by atoms with Gasteiger partial charge in [-0.05, 0) is 81.6 Å². The highest BCUT2D eigenvalue weighted by molar-refractivity contribution is 6.31. The van der Waals surface area contributed by atoms with Gasteiger partial charge in [0.2, 0.25) is 0 Å². The summed E-state index contributed by atoms with van der Waals surface area (Å²) in [6.45, 7) is 6.14. The lowest BCUT2D eigenvalue weighted by atomic mass is 10.1. The van der Waals surface area contributed by atoms with Crippen molar-refractivity contribution in [2.75, 3.05) is 38.0 Å². The van der Waals surface area contributed by atoms with E-state index >= 15 is 0 Å². The fraction of sp³-hybridized carbons (Fsp3) is 0.344. The van der Waals surface area contributed by atoms with Gasteiger partial charge >= 0.3 is 0 Å². The van der Waals surface area contributed by atoms with E-state index in [1.807, 2.05) is 30.5 Å². The third kappa shape index (κ3) is 9.47. The maximum atomic E-state index is 6.10. The van der Waals surface area contributed by atoms with Gasteiger partial charge in [0.05, 0.1) is 5.52 Å². The van der Waals surface area contributed by atoms with Gasteiger partial charge in [0.15, 0.2) is 0 Å². The molecule has 5 heteroatoms. The molecular formula is C32H39ClN4. The zero-order valence-corrected chi connectivity index (χ0v) is 22.5. The van der Waals surface area contributed by atoms with E-state index in [2.05, 4.69) is 81.2 Å². The molecule has 4 nitrogen and oxygen atoms in total. The fourth-order valence-electron chi connectivity index (χ4n) is 4.64. The fourth-order valence-corrected chi connectivity index (χ4v) is 4.81. The molecule has 2 aromatic carbocycles. The van der Waals surface area contributed by atoms with E-state index in [1.165, 1.54) is 24.0 Å². The normalized spacial score (nSPS) is 15.8. The minimum absolute atomic E-state index is 0.718. The SMILES string of the molecule is Clc1ccc2c(NCCCNCCCCN(C/C3=C/C=C\CC=CC3)Cc3ccccc3)ccnc2c1. The highest BCUT2D eigenvalue weighted by Gasteiger charge is 2.09. The Hall–Kier alpha value is -2.92. The van der Waals surface area contributed by atoms with Crippen LogP contribution in [-0.4, -0.2) is 42.6 Å². The van der Waals surface area contributed by atoms with Crippen molar-refractivity contribution in [3.05, 3.63) is 107 Å². The van der Waals surface area contributed by atoms with E-state index in [1.54, 1.807) is 0 Å². The Morgan fingerprint density at radius 1 is 0.865 bits per heavy atom. The number of pyridine rings is 1. The molecule has 0 spiro atoms. The quantitative estimate of drug-likeness (QED) is 0.174. The Morgan fingerprint density at radius 3 is 2.68 bits per heavy atom. The van der Waals surface area contributed by atoms with Crippen molar-refractivity contribution in [2.24, 2.45) is 0 Å². The Kier molecular flexibility index (Phi) is 11.3. The molecule has 1 aliphatic carbocycles. The highest BCUT2D eigenvalue weighted by atomic mass is 35.5. The van der Waals surface area contributed by atoms with E-state index in [4.69, 9.17) is 11.6 Å². The predicted molar refractivity (Wildman–Crippen MR) is 159 cm³/mol. The van der Waals surface area contributed by atoms with Gasteiger partial charge in [-0.2, -0.15) is 0 Å². The molecule has 194 valence electrons. The number of fused-ring (bicyclic) bond motifs is 1. The minimum Gasteiger partial charge on any atom is -0.384 e. The molecule has 0 saturated heterocycles. The van der Waals surface area contributed by atoms with Crippen molar-refractivity contribution in [1.82, 2.24) is 15.2 Å². The van der Waals surface area contributed by atoms with Crippen LogP contribution in [-0.2, 0) is 6.54 Å². The monoisotopic (exact) mass is 514 g/mol. The molecule has 3 aromatic rings. The summed E-state index contributed by atoms with van der Waals surface area (Å²) in [5.41, 5.74) is 4.91. The summed E-state index contributed by atoms with van der Waals surface area (Å²) >= 11 is 6.10. The van der Waals surface area contributed by atoms with Crippen LogP contribution in [0.4, 0.5) is 5.69 Å². The number of nitrogens with zero attached hydrogens (tertiary/aromatic N) is 2. The summed E-state index contributed by atoms with van der Waals surface area (Å²) in [6.07, 6.45) is 18.7. The summed E-state index contributed by atoms with van der Waals surface area (Å²) < 4.78 is 0. The number of halogens is 1. The van der Waals surface area contributed by atoms with Gasteiger partial charge in [0.25, 0.3) is 0 Å². The van der Waals surface area contributed by atoms with Crippen molar-refractivity contribution in [3.63, 3.8) is 0 Å². The molecule has 2 N–H and O–H groups in total. The van der Waals surface area contributed by atoms with Gasteiger partial charge < -0.3 is 10.6 Å². The molecule has 0 atom stereocenters. The molecule has 1 aromatic heterocycles. The molecule has 37 heavy (non-hydrogen) atoms. The lowest BCUT2D eigenvalue weighted by Crippen LogP contribution is -2.28. The lowest BCUT2D eigenvalue weighted by Gasteiger charge is -2.24. The number of unbranched alkanes of at least 4 members (excludes halogenated alkanes) is 1. The molecule has 0 aliphatic heterocycles. The van der Waals surface area contributed by atoms with Crippen molar-refractivity contribution in [3.8, 4) is 0 Å². The summed E-state index contributed by atoms with van der Waals surface area (Å²) in [5.74, 6) is 0. The third-order valence-corrected chi connectivity index (χ3v) is 6.83. The molecule has 0 saturated carbocycles. The minimum atomic E-state index is 0.718. The summed E-state index contributed by atoms with van der Waals surface area (Å²) in [5, 5.41) is 9.00. The first-order valence-corrected chi connectivity index (χ1v) is 13.9. The largest absolute Gasteiger partial charge is 0.384 e. The summed E-state index contributed by atoms with van der Waals surface area (Å²) in [6, 6.07) is 18.7. The van der Waals surface area contributed by atoms with E-state index in [0.717, 1.165) is 80.1 Å². The number of nitrogens with one attached hydrogen (secondary N) is 2. The summed E-state index contributed by atoms with van der Waals surface area (Å²) in [7, 11) is 0. The van der Waals surface area contributed by atoms with Crippen LogP contribution in [0.25, 0.3) is 10.9 Å². The van der Waals surface area contributed by atoms with Crippen molar-refractivity contribution >= 4 is 28.2 Å². The van der Waals surface area contributed by atoms with E-state index < -0.39 is 0 Å². The first kappa shape index (κ1) is 27.1. The van der Waals surface area contributed by atoms with Crippen LogP contribution in [0.15, 0.2) is 96.7 Å². The van der Waals surface area contributed by atoms with E-state index in [9.17, 15) is 0 Å². The second-order valence-corrected chi connectivity index (χ2v) is 10.1.